The molecule has 7 heteroatoms. The van der Waals surface area contributed by atoms with E-state index in [1.54, 1.807) is 0 Å². The normalized spacial score (nSPS) is 9.89. The first-order valence-corrected chi connectivity index (χ1v) is 6.09. The number of hydrogen-bond donors (Lipinski definition) is 0. The van der Waals surface area contributed by atoms with Crippen LogP contribution in [0.3, 0.4) is 0 Å². The average molecular weight is 268 g/mol. The van der Waals surface area contributed by atoms with Crippen LogP contribution >= 0.6 is 11.8 Å². The zero-order valence-corrected chi connectivity index (χ0v) is 10.8. The van der Waals surface area contributed by atoms with E-state index in [4.69, 9.17) is 0 Å². The van der Waals surface area contributed by atoms with Crippen molar-refractivity contribution in [1.82, 2.24) is 0 Å². The summed E-state index contributed by atoms with van der Waals surface area (Å²) in [6.07, 6.45) is 1.94. The van der Waals surface area contributed by atoms with Crippen molar-refractivity contribution in [3.8, 4) is 0 Å². The second-order valence-corrected chi connectivity index (χ2v) is 4.82. The number of allylic oxidation sites excluding steroid dienone is 1. The number of nitro benzene ring substituents is 2. The summed E-state index contributed by atoms with van der Waals surface area (Å²) in [5, 5.41) is 21.4. The Bertz CT molecular complexity index is 510. The van der Waals surface area contributed by atoms with Gasteiger partial charge in [-0.3, -0.25) is 20.2 Å². The van der Waals surface area contributed by atoms with Crippen LogP contribution in [0.25, 0.3) is 0 Å². The molecule has 0 saturated heterocycles. The molecule has 0 bridgehead atoms. The molecular formula is C11H12N2O4S. The van der Waals surface area contributed by atoms with Crippen molar-refractivity contribution < 1.29 is 9.85 Å². The standard InChI is InChI=1S/C11H12N2O4S/c1-8(2)5-6-18-11-4-3-9(12(14)15)7-10(11)13(16)17/h3-5,7H,6H2,1-2H3. The van der Waals surface area contributed by atoms with Crippen molar-refractivity contribution >= 4 is 23.1 Å². The molecule has 0 unspecified atom stereocenters. The van der Waals surface area contributed by atoms with Crippen LogP contribution in [-0.4, -0.2) is 15.6 Å². The van der Waals surface area contributed by atoms with E-state index in [1.807, 2.05) is 19.9 Å². The van der Waals surface area contributed by atoms with Gasteiger partial charge in [0.25, 0.3) is 11.4 Å². The lowest BCUT2D eigenvalue weighted by Crippen LogP contribution is -1.94. The quantitative estimate of drug-likeness (QED) is 0.352. The Hall–Kier alpha value is -1.89. The molecule has 0 heterocycles. The summed E-state index contributed by atoms with van der Waals surface area (Å²) in [6, 6.07) is 3.68. The molecule has 0 aromatic heterocycles. The lowest BCUT2D eigenvalue weighted by Gasteiger charge is -2.01. The average Bonchev–Trinajstić information content (AvgIpc) is 2.28. The van der Waals surface area contributed by atoms with Gasteiger partial charge in [-0.05, 0) is 19.9 Å². The lowest BCUT2D eigenvalue weighted by molar-refractivity contribution is -0.396. The Kier molecular flexibility index (Phi) is 4.85. The molecule has 0 saturated carbocycles. The Morgan fingerprint density at radius 2 is 1.94 bits per heavy atom. The van der Waals surface area contributed by atoms with Crippen molar-refractivity contribution in [2.75, 3.05) is 5.75 Å². The molecule has 96 valence electrons. The predicted molar refractivity (Wildman–Crippen MR) is 69.9 cm³/mol. The first-order valence-electron chi connectivity index (χ1n) is 5.11. The second kappa shape index (κ2) is 6.15. The highest BCUT2D eigenvalue weighted by Gasteiger charge is 2.19. The molecule has 0 N–H and O–H groups in total. The predicted octanol–water partition coefficient (Wildman–Crippen LogP) is 3.56. The molecule has 0 fully saturated rings. The monoisotopic (exact) mass is 268 g/mol. The number of nitrogens with zero attached hydrogens (tertiary/aromatic N) is 2. The van der Waals surface area contributed by atoms with Crippen LogP contribution in [-0.2, 0) is 0 Å². The van der Waals surface area contributed by atoms with E-state index in [1.165, 1.54) is 23.9 Å². The van der Waals surface area contributed by atoms with Gasteiger partial charge in [0.2, 0.25) is 0 Å². The van der Waals surface area contributed by atoms with Gasteiger partial charge in [-0.15, -0.1) is 11.8 Å². The molecule has 1 rings (SSSR count). The Balaban J connectivity index is 3.01. The van der Waals surface area contributed by atoms with Gasteiger partial charge in [0.15, 0.2) is 0 Å². The molecule has 1 aromatic rings. The van der Waals surface area contributed by atoms with Gasteiger partial charge < -0.3 is 0 Å². The number of non-ortho nitro benzene ring substituents is 1. The van der Waals surface area contributed by atoms with E-state index in [-0.39, 0.29) is 11.4 Å². The molecule has 6 nitrogen and oxygen atoms in total. The number of rotatable bonds is 5. The first-order chi connectivity index (χ1) is 8.41. The van der Waals surface area contributed by atoms with Crippen molar-refractivity contribution in [3.05, 3.63) is 50.1 Å². The fourth-order valence-electron chi connectivity index (χ4n) is 1.18. The topological polar surface area (TPSA) is 86.3 Å². The highest BCUT2D eigenvalue weighted by atomic mass is 32.2. The van der Waals surface area contributed by atoms with Gasteiger partial charge in [0, 0.05) is 11.8 Å². The molecule has 0 spiro atoms. The number of benzene rings is 1. The molecule has 0 amide bonds. The summed E-state index contributed by atoms with van der Waals surface area (Å²) < 4.78 is 0. The second-order valence-electron chi connectivity index (χ2n) is 3.76. The van der Waals surface area contributed by atoms with E-state index in [2.05, 4.69) is 0 Å². The maximum Gasteiger partial charge on any atom is 0.289 e. The molecule has 0 aliphatic carbocycles. The van der Waals surface area contributed by atoms with Gasteiger partial charge in [-0.25, -0.2) is 0 Å². The minimum Gasteiger partial charge on any atom is -0.258 e. The van der Waals surface area contributed by atoms with E-state index < -0.39 is 9.85 Å². The van der Waals surface area contributed by atoms with Crippen molar-refractivity contribution in [3.63, 3.8) is 0 Å². The van der Waals surface area contributed by atoms with E-state index in [0.29, 0.717) is 10.6 Å². The van der Waals surface area contributed by atoms with Crippen LogP contribution in [0.4, 0.5) is 11.4 Å². The SMILES string of the molecule is CC(C)=CCSc1ccc([N+](=O)[O-])cc1[N+](=O)[O-]. The Labute approximate surface area is 108 Å². The van der Waals surface area contributed by atoms with Gasteiger partial charge >= 0.3 is 0 Å². The number of nitro groups is 2. The number of thioether (sulfide) groups is 1. The Morgan fingerprint density at radius 1 is 1.28 bits per heavy atom. The van der Waals surface area contributed by atoms with Crippen LogP contribution in [0.1, 0.15) is 13.8 Å². The molecule has 0 atom stereocenters. The first kappa shape index (κ1) is 14.2. The van der Waals surface area contributed by atoms with Gasteiger partial charge in [0.1, 0.15) is 0 Å². The molecule has 0 aliphatic heterocycles. The van der Waals surface area contributed by atoms with Crippen molar-refractivity contribution in [2.24, 2.45) is 0 Å². The van der Waals surface area contributed by atoms with Crippen molar-refractivity contribution in [1.29, 1.82) is 0 Å². The van der Waals surface area contributed by atoms with E-state index >= 15 is 0 Å². The van der Waals surface area contributed by atoms with E-state index in [0.717, 1.165) is 11.6 Å². The largest absolute Gasteiger partial charge is 0.289 e. The van der Waals surface area contributed by atoms with Crippen LogP contribution in [0.5, 0.6) is 0 Å². The summed E-state index contributed by atoms with van der Waals surface area (Å²) in [5.74, 6) is 0.598. The zero-order chi connectivity index (χ0) is 13.7. The van der Waals surface area contributed by atoms with E-state index in [9.17, 15) is 20.2 Å². The molecule has 1 aromatic carbocycles. The zero-order valence-electron chi connectivity index (χ0n) is 9.95. The fraction of sp³-hybridized carbons (Fsp3) is 0.273. The Morgan fingerprint density at radius 3 is 2.44 bits per heavy atom. The summed E-state index contributed by atoms with van der Waals surface area (Å²) in [6.45, 7) is 3.87. The summed E-state index contributed by atoms with van der Waals surface area (Å²) >= 11 is 1.28. The fourth-order valence-corrected chi connectivity index (χ4v) is 2.22. The molecule has 0 radical (unpaired) electrons. The summed E-state index contributed by atoms with van der Waals surface area (Å²) in [4.78, 5) is 20.6. The third-order valence-corrected chi connectivity index (χ3v) is 3.07. The maximum absolute atomic E-state index is 10.8. The number of hydrogen-bond acceptors (Lipinski definition) is 5. The third-order valence-electron chi connectivity index (χ3n) is 2.08. The summed E-state index contributed by atoms with van der Waals surface area (Å²) in [7, 11) is 0. The molecular weight excluding hydrogens is 256 g/mol. The smallest absolute Gasteiger partial charge is 0.258 e. The van der Waals surface area contributed by atoms with Gasteiger partial charge in [-0.1, -0.05) is 11.6 Å². The molecule has 18 heavy (non-hydrogen) atoms. The third kappa shape index (κ3) is 3.85. The van der Waals surface area contributed by atoms with Crippen LogP contribution in [0.15, 0.2) is 34.7 Å². The lowest BCUT2D eigenvalue weighted by atomic mass is 10.3. The highest BCUT2D eigenvalue weighted by molar-refractivity contribution is 7.99. The van der Waals surface area contributed by atoms with Gasteiger partial charge in [-0.2, -0.15) is 0 Å². The maximum atomic E-state index is 10.8. The van der Waals surface area contributed by atoms with Crippen LogP contribution in [0, 0.1) is 20.2 Å². The minimum atomic E-state index is -0.641. The molecule has 0 aliphatic rings. The highest BCUT2D eigenvalue weighted by Crippen LogP contribution is 2.32. The van der Waals surface area contributed by atoms with Crippen LogP contribution < -0.4 is 0 Å². The van der Waals surface area contributed by atoms with Crippen molar-refractivity contribution in [2.45, 2.75) is 18.7 Å². The van der Waals surface area contributed by atoms with Crippen LogP contribution in [0.2, 0.25) is 0 Å². The minimum absolute atomic E-state index is 0.226. The summed E-state index contributed by atoms with van der Waals surface area (Å²) in [5.41, 5.74) is 0.622. The van der Waals surface area contributed by atoms with Gasteiger partial charge in [0.05, 0.1) is 20.8 Å².